The number of hydrogen-bond acceptors (Lipinski definition) is 0. The van der Waals surface area contributed by atoms with Crippen molar-refractivity contribution < 1.29 is 17.4 Å². The summed E-state index contributed by atoms with van der Waals surface area (Å²) in [6.07, 6.45) is 2.65. The van der Waals surface area contributed by atoms with Crippen molar-refractivity contribution in [3.8, 4) is 0 Å². The van der Waals surface area contributed by atoms with E-state index in [1.165, 1.54) is 27.8 Å². The second-order valence-electron chi connectivity index (χ2n) is 10.4. The van der Waals surface area contributed by atoms with Crippen molar-refractivity contribution in [1.82, 2.24) is 0 Å². The van der Waals surface area contributed by atoms with E-state index in [0.717, 1.165) is 0 Å². The first-order valence-electron chi connectivity index (χ1n) is 10.9. The van der Waals surface area contributed by atoms with Crippen LogP contribution in [0.5, 0.6) is 0 Å². The Hall–Kier alpha value is -1.24. The Balaban J connectivity index is 1.94. The van der Waals surface area contributed by atoms with Gasteiger partial charge in [0.05, 0.1) is 0 Å². The van der Waals surface area contributed by atoms with Gasteiger partial charge in [-0.2, -0.15) is 0 Å². The molecule has 0 bridgehead atoms. The molecule has 2 aliphatic carbocycles. The molecular formula is C27H34SiZr. The molecule has 2 aromatic rings. The molecule has 0 saturated carbocycles. The molecule has 2 heteroatoms. The van der Waals surface area contributed by atoms with Gasteiger partial charge in [0.1, 0.15) is 0 Å². The maximum absolute atomic E-state index is 3.30. The standard InChI is InChI=1S/C16H13.C9H13.2CH3.H2Si.Zr/c1-12-5-4-7-14(11-12)16-10-9-13-6-2-3-8-15(13)16;1-6-5-7(2)9(4)8(6)3;;;;/h2-11H,1H3;6H,1-4H3;2*1H3;1H2;. The molecule has 2 atom stereocenters. The number of allylic oxidation sites excluding steroid dienone is 5. The molecule has 0 N–H and O–H groups in total. The number of fused-ring (bicyclic) bond motifs is 1. The average molecular weight is 478 g/mol. The fraction of sp³-hybridized carbons (Fsp3) is 0.333. The Morgan fingerprint density at radius 3 is 2.17 bits per heavy atom. The number of rotatable bonds is 3. The van der Waals surface area contributed by atoms with Gasteiger partial charge >= 0.3 is 180 Å². The summed E-state index contributed by atoms with van der Waals surface area (Å²) < 4.78 is 7.77. The summed E-state index contributed by atoms with van der Waals surface area (Å²) in [5.74, 6) is 0.594. The minimum absolute atomic E-state index is 0.563. The zero-order valence-corrected chi connectivity index (χ0v) is 22.9. The van der Waals surface area contributed by atoms with E-state index in [-0.39, 0.29) is 0 Å². The summed E-state index contributed by atoms with van der Waals surface area (Å²) in [5.41, 5.74) is 11.9. The van der Waals surface area contributed by atoms with Gasteiger partial charge in [0.2, 0.25) is 0 Å². The van der Waals surface area contributed by atoms with Crippen molar-refractivity contribution in [2.24, 2.45) is 5.92 Å². The van der Waals surface area contributed by atoms with Crippen LogP contribution in [-0.4, -0.2) is 6.88 Å². The Morgan fingerprint density at radius 2 is 1.55 bits per heavy atom. The third kappa shape index (κ3) is 3.19. The van der Waals surface area contributed by atoms with Gasteiger partial charge in [0, 0.05) is 0 Å². The fourth-order valence-electron chi connectivity index (χ4n) is 6.05. The molecule has 2 unspecified atom stereocenters. The van der Waals surface area contributed by atoms with Gasteiger partial charge in [-0.3, -0.25) is 0 Å². The summed E-state index contributed by atoms with van der Waals surface area (Å²) in [7, 11) is 0. The first-order valence-corrected chi connectivity index (χ1v) is 24.3. The molecule has 150 valence electrons. The van der Waals surface area contributed by atoms with E-state index >= 15 is 0 Å². The molecule has 0 spiro atoms. The summed E-state index contributed by atoms with van der Waals surface area (Å²) in [4.78, 5) is 0. The van der Waals surface area contributed by atoms with Gasteiger partial charge in [-0.15, -0.1) is 0 Å². The minimum atomic E-state index is -3.30. The van der Waals surface area contributed by atoms with Crippen LogP contribution in [0.3, 0.4) is 0 Å². The topological polar surface area (TPSA) is 0 Å². The molecule has 0 amide bonds. The summed E-state index contributed by atoms with van der Waals surface area (Å²) in [5, 5.41) is 0. The first-order chi connectivity index (χ1) is 13.5. The van der Waals surface area contributed by atoms with Crippen LogP contribution < -0.4 is 0 Å². The number of hydrogen-bond donors (Lipinski definition) is 0. The van der Waals surface area contributed by atoms with Crippen molar-refractivity contribution in [2.75, 3.05) is 0 Å². The molecule has 2 aliphatic rings. The third-order valence-electron chi connectivity index (χ3n) is 7.77. The van der Waals surface area contributed by atoms with Crippen molar-refractivity contribution >= 4 is 12.5 Å². The molecular weight excluding hydrogens is 444 g/mol. The normalized spacial score (nSPS) is 22.3. The van der Waals surface area contributed by atoms with Crippen LogP contribution in [0, 0.1) is 12.8 Å². The summed E-state index contributed by atoms with van der Waals surface area (Å²) in [6, 6.07) is 18.2. The number of aryl methyl sites for hydroxylation is 1. The Morgan fingerprint density at radius 1 is 0.862 bits per heavy atom. The van der Waals surface area contributed by atoms with Crippen molar-refractivity contribution in [3.63, 3.8) is 0 Å². The molecule has 0 aliphatic heterocycles. The Bertz CT molecular complexity index is 1180. The van der Waals surface area contributed by atoms with Gasteiger partial charge in [-0.25, -0.2) is 0 Å². The first kappa shape index (κ1) is 21.0. The van der Waals surface area contributed by atoms with Gasteiger partial charge in [0.15, 0.2) is 0 Å². The molecule has 0 nitrogen and oxygen atoms in total. The SMILES string of the molecule is CC1=C(C)C(C)[C]([Zr]([CH3])([CH3])(=[SiH2])[CH]2C=C(c3cccc(C)c3)c3ccccc32)=C1C. The van der Waals surface area contributed by atoms with E-state index in [4.69, 9.17) is 0 Å². The van der Waals surface area contributed by atoms with Crippen LogP contribution in [0.25, 0.3) is 5.57 Å². The molecule has 29 heavy (non-hydrogen) atoms. The maximum atomic E-state index is 2.69. The van der Waals surface area contributed by atoms with E-state index in [1.807, 2.05) is 3.28 Å². The molecule has 0 aromatic heterocycles. The molecule has 0 fully saturated rings. The molecule has 4 rings (SSSR count). The molecule has 0 radical (unpaired) electrons. The summed E-state index contributed by atoms with van der Waals surface area (Å²) in [6.45, 7) is 14.1. The van der Waals surface area contributed by atoms with Gasteiger partial charge in [-0.05, 0) is 0 Å². The van der Waals surface area contributed by atoms with Crippen molar-refractivity contribution in [3.05, 3.63) is 96.9 Å². The monoisotopic (exact) mass is 476 g/mol. The van der Waals surface area contributed by atoms with E-state index in [2.05, 4.69) is 105 Å². The fourth-order valence-corrected chi connectivity index (χ4v) is 24.6. The van der Waals surface area contributed by atoms with Crippen LogP contribution in [0.4, 0.5) is 0 Å². The van der Waals surface area contributed by atoms with Crippen LogP contribution in [0.1, 0.15) is 53.6 Å². The molecule has 0 saturated heterocycles. The Kier molecular flexibility index (Phi) is 4.99. The Labute approximate surface area is 179 Å². The quantitative estimate of drug-likeness (QED) is 0.414. The zero-order chi connectivity index (χ0) is 21.2. The van der Waals surface area contributed by atoms with E-state index in [0.29, 0.717) is 9.54 Å². The molecule has 2 aromatic carbocycles. The predicted octanol–water partition coefficient (Wildman–Crippen LogP) is 7.08. The average Bonchev–Trinajstić information content (AvgIpc) is 3.15. The van der Waals surface area contributed by atoms with E-state index in [1.54, 1.807) is 16.7 Å². The number of benzene rings is 2. The van der Waals surface area contributed by atoms with Crippen LogP contribution in [0.15, 0.2) is 74.6 Å². The summed E-state index contributed by atoms with van der Waals surface area (Å²) >= 11 is -3.30. The molecule has 0 heterocycles. The van der Waals surface area contributed by atoms with Crippen molar-refractivity contribution in [2.45, 2.75) is 47.5 Å². The van der Waals surface area contributed by atoms with Gasteiger partial charge < -0.3 is 0 Å². The second-order valence-corrected chi connectivity index (χ2v) is 39.9. The second kappa shape index (κ2) is 6.89. The van der Waals surface area contributed by atoms with E-state index < -0.39 is 17.4 Å². The van der Waals surface area contributed by atoms with Gasteiger partial charge in [-0.1, -0.05) is 0 Å². The van der Waals surface area contributed by atoms with Crippen LogP contribution in [-0.2, 0) is 17.4 Å². The van der Waals surface area contributed by atoms with Gasteiger partial charge in [0.25, 0.3) is 0 Å². The van der Waals surface area contributed by atoms with E-state index in [9.17, 15) is 0 Å². The zero-order valence-electron chi connectivity index (χ0n) is 19.1. The van der Waals surface area contributed by atoms with Crippen LogP contribution >= 0.6 is 0 Å². The third-order valence-corrected chi connectivity index (χ3v) is 25.0. The predicted molar refractivity (Wildman–Crippen MR) is 128 cm³/mol. The van der Waals surface area contributed by atoms with Crippen LogP contribution in [0.2, 0.25) is 9.26 Å². The van der Waals surface area contributed by atoms with Crippen molar-refractivity contribution in [1.29, 1.82) is 0 Å².